The fourth-order valence-electron chi connectivity index (χ4n) is 1.55. The van der Waals surface area contributed by atoms with Crippen LogP contribution >= 0.6 is 0 Å². The number of hydrogen-bond acceptors (Lipinski definition) is 6. The van der Waals surface area contributed by atoms with E-state index in [9.17, 15) is 18.5 Å². The Bertz CT molecular complexity index is 573. The van der Waals surface area contributed by atoms with E-state index < -0.39 is 25.5 Å². The van der Waals surface area contributed by atoms with Crippen LogP contribution in [0, 0.1) is 10.1 Å². The highest BCUT2D eigenvalue weighted by Crippen LogP contribution is 2.25. The van der Waals surface area contributed by atoms with Crippen LogP contribution in [0.3, 0.4) is 0 Å². The molecular formula is C11H17N3O5S. The Morgan fingerprint density at radius 2 is 2.10 bits per heavy atom. The molecular weight excluding hydrogens is 286 g/mol. The number of sulfonamides is 1. The maximum absolute atomic E-state index is 12.0. The summed E-state index contributed by atoms with van der Waals surface area (Å²) < 4.78 is 31.2. The molecule has 0 fully saturated rings. The topological polar surface area (TPSA) is 125 Å². The molecule has 8 nitrogen and oxygen atoms in total. The molecule has 0 radical (unpaired) electrons. The Morgan fingerprint density at radius 1 is 1.40 bits per heavy atom. The molecule has 112 valence electrons. The zero-order valence-electron chi connectivity index (χ0n) is 11.0. The van der Waals surface area contributed by atoms with Gasteiger partial charge in [0.15, 0.2) is 4.90 Å². The van der Waals surface area contributed by atoms with E-state index in [1.54, 1.807) is 7.11 Å². The summed E-state index contributed by atoms with van der Waals surface area (Å²) in [5.41, 5.74) is 5.14. The van der Waals surface area contributed by atoms with Gasteiger partial charge in [-0.3, -0.25) is 10.1 Å². The summed E-state index contributed by atoms with van der Waals surface area (Å²) in [4.78, 5) is 9.68. The van der Waals surface area contributed by atoms with E-state index in [1.807, 2.05) is 0 Å². The van der Waals surface area contributed by atoms with Gasteiger partial charge < -0.3 is 10.5 Å². The van der Waals surface area contributed by atoms with Crippen molar-refractivity contribution in [3.63, 3.8) is 0 Å². The van der Waals surface area contributed by atoms with E-state index in [1.165, 1.54) is 6.07 Å². The van der Waals surface area contributed by atoms with E-state index in [0.29, 0.717) is 19.4 Å². The van der Waals surface area contributed by atoms with Gasteiger partial charge in [0.25, 0.3) is 5.69 Å². The number of benzene rings is 1. The van der Waals surface area contributed by atoms with Gasteiger partial charge >= 0.3 is 0 Å². The number of anilines is 1. The molecule has 0 saturated carbocycles. The molecule has 0 unspecified atom stereocenters. The van der Waals surface area contributed by atoms with Crippen molar-refractivity contribution in [2.75, 3.05) is 26.0 Å². The highest BCUT2D eigenvalue weighted by molar-refractivity contribution is 7.89. The molecule has 0 aromatic heterocycles. The third-order valence-electron chi connectivity index (χ3n) is 2.54. The first kappa shape index (κ1) is 16.3. The number of unbranched alkanes of at least 4 members (excludes halogenated alkanes) is 1. The molecule has 1 rings (SSSR count). The van der Waals surface area contributed by atoms with Crippen LogP contribution in [0.15, 0.2) is 23.1 Å². The standard InChI is InChI=1S/C11H17N3O5S/c1-19-7-3-2-6-13-20(17,18)11-8-9(12)4-5-10(11)14(15)16/h4-5,8,13H,2-3,6-7,12H2,1H3. The van der Waals surface area contributed by atoms with Crippen LogP contribution in [0.25, 0.3) is 0 Å². The average molecular weight is 303 g/mol. The van der Waals surface area contributed by atoms with Gasteiger partial charge in [-0.25, -0.2) is 13.1 Å². The second kappa shape index (κ2) is 7.17. The number of nitro groups is 1. The zero-order chi connectivity index (χ0) is 15.2. The van der Waals surface area contributed by atoms with E-state index in [0.717, 1.165) is 12.1 Å². The normalized spacial score (nSPS) is 11.4. The van der Waals surface area contributed by atoms with Crippen molar-refractivity contribution < 1.29 is 18.1 Å². The number of nitrogens with zero attached hydrogens (tertiary/aromatic N) is 1. The minimum atomic E-state index is -3.96. The van der Waals surface area contributed by atoms with Gasteiger partial charge in [0.2, 0.25) is 10.0 Å². The van der Waals surface area contributed by atoms with Crippen LogP contribution < -0.4 is 10.5 Å². The number of methoxy groups -OCH3 is 1. The van der Waals surface area contributed by atoms with Crippen molar-refractivity contribution in [3.05, 3.63) is 28.3 Å². The third-order valence-corrected chi connectivity index (χ3v) is 4.03. The van der Waals surface area contributed by atoms with E-state index in [4.69, 9.17) is 10.5 Å². The number of rotatable bonds is 8. The van der Waals surface area contributed by atoms with Gasteiger partial charge in [0, 0.05) is 32.0 Å². The lowest BCUT2D eigenvalue weighted by atomic mass is 10.3. The largest absolute Gasteiger partial charge is 0.399 e. The van der Waals surface area contributed by atoms with Crippen molar-refractivity contribution in [1.29, 1.82) is 0 Å². The summed E-state index contributed by atoms with van der Waals surface area (Å²) in [7, 11) is -2.40. The monoisotopic (exact) mass is 303 g/mol. The number of nitrogen functional groups attached to an aromatic ring is 1. The molecule has 0 heterocycles. The van der Waals surface area contributed by atoms with E-state index in [2.05, 4.69) is 4.72 Å². The van der Waals surface area contributed by atoms with Crippen LogP contribution in [0.2, 0.25) is 0 Å². The maximum atomic E-state index is 12.0. The van der Waals surface area contributed by atoms with Gasteiger partial charge in [-0.05, 0) is 25.0 Å². The van der Waals surface area contributed by atoms with Crippen LogP contribution in [0.4, 0.5) is 11.4 Å². The molecule has 0 atom stereocenters. The summed E-state index contributed by atoms with van der Waals surface area (Å²) in [6.45, 7) is 0.706. The van der Waals surface area contributed by atoms with Crippen LogP contribution in [-0.4, -0.2) is 33.6 Å². The van der Waals surface area contributed by atoms with Crippen molar-refractivity contribution in [2.45, 2.75) is 17.7 Å². The van der Waals surface area contributed by atoms with Crippen molar-refractivity contribution in [1.82, 2.24) is 4.72 Å². The lowest BCUT2D eigenvalue weighted by Crippen LogP contribution is -2.25. The lowest BCUT2D eigenvalue weighted by Gasteiger charge is -2.08. The number of nitro benzene ring substituents is 1. The maximum Gasteiger partial charge on any atom is 0.289 e. The fraction of sp³-hybridized carbons (Fsp3) is 0.455. The van der Waals surface area contributed by atoms with Gasteiger partial charge in [-0.2, -0.15) is 0 Å². The van der Waals surface area contributed by atoms with Crippen LogP contribution in [-0.2, 0) is 14.8 Å². The average Bonchev–Trinajstić information content (AvgIpc) is 2.38. The van der Waals surface area contributed by atoms with Crippen molar-refractivity contribution in [3.8, 4) is 0 Å². The minimum absolute atomic E-state index is 0.148. The van der Waals surface area contributed by atoms with Gasteiger partial charge in [0.1, 0.15) is 0 Å². The molecule has 9 heteroatoms. The second-order valence-electron chi connectivity index (χ2n) is 4.08. The molecule has 0 aliphatic heterocycles. The molecule has 0 aliphatic carbocycles. The molecule has 20 heavy (non-hydrogen) atoms. The first-order valence-electron chi connectivity index (χ1n) is 5.91. The molecule has 0 aliphatic rings. The quantitative estimate of drug-likeness (QED) is 0.318. The van der Waals surface area contributed by atoms with E-state index >= 15 is 0 Å². The molecule has 1 aromatic carbocycles. The third kappa shape index (κ3) is 4.44. The molecule has 0 spiro atoms. The molecule has 0 bridgehead atoms. The molecule has 1 aromatic rings. The first-order chi connectivity index (χ1) is 9.38. The summed E-state index contributed by atoms with van der Waals surface area (Å²) >= 11 is 0. The predicted molar refractivity (Wildman–Crippen MR) is 73.8 cm³/mol. The minimum Gasteiger partial charge on any atom is -0.399 e. The number of nitrogens with one attached hydrogen (secondary N) is 1. The summed E-state index contributed by atoms with van der Waals surface area (Å²) in [5, 5.41) is 10.9. The Morgan fingerprint density at radius 3 is 2.70 bits per heavy atom. The Labute approximate surface area is 117 Å². The smallest absolute Gasteiger partial charge is 0.289 e. The number of ether oxygens (including phenoxy) is 1. The second-order valence-corrected chi connectivity index (χ2v) is 5.82. The van der Waals surface area contributed by atoms with Crippen LogP contribution in [0.1, 0.15) is 12.8 Å². The first-order valence-corrected chi connectivity index (χ1v) is 7.39. The fourth-order valence-corrected chi connectivity index (χ4v) is 2.83. The Balaban J connectivity index is 2.86. The molecule has 0 amide bonds. The Kier molecular flexibility index (Phi) is 5.86. The summed E-state index contributed by atoms with van der Waals surface area (Å²) in [5.74, 6) is 0. The van der Waals surface area contributed by atoms with Crippen molar-refractivity contribution in [2.24, 2.45) is 0 Å². The van der Waals surface area contributed by atoms with E-state index in [-0.39, 0.29) is 12.2 Å². The van der Waals surface area contributed by atoms with Gasteiger partial charge in [-0.15, -0.1) is 0 Å². The molecule has 3 N–H and O–H groups in total. The number of nitrogens with two attached hydrogens (primary N) is 1. The lowest BCUT2D eigenvalue weighted by molar-refractivity contribution is -0.387. The highest BCUT2D eigenvalue weighted by atomic mass is 32.2. The summed E-state index contributed by atoms with van der Waals surface area (Å²) in [6, 6.07) is 3.44. The Hall–Kier alpha value is -1.71. The zero-order valence-corrected chi connectivity index (χ0v) is 11.9. The van der Waals surface area contributed by atoms with Crippen LogP contribution in [0.5, 0.6) is 0 Å². The summed E-state index contributed by atoms with van der Waals surface area (Å²) in [6.07, 6.45) is 1.27. The number of hydrogen-bond donors (Lipinski definition) is 2. The predicted octanol–water partition coefficient (Wildman–Crippen LogP) is 0.882. The van der Waals surface area contributed by atoms with Gasteiger partial charge in [-0.1, -0.05) is 0 Å². The molecule has 0 saturated heterocycles. The van der Waals surface area contributed by atoms with Gasteiger partial charge in [0.05, 0.1) is 4.92 Å². The SMILES string of the molecule is COCCCCNS(=O)(=O)c1cc(N)ccc1[N+](=O)[O-]. The van der Waals surface area contributed by atoms with Crippen molar-refractivity contribution >= 4 is 21.4 Å². The highest BCUT2D eigenvalue weighted by Gasteiger charge is 2.25.